The highest BCUT2D eigenvalue weighted by molar-refractivity contribution is 5.42. The molecule has 2 aliphatic rings. The van der Waals surface area contributed by atoms with Gasteiger partial charge in [-0.15, -0.1) is 0 Å². The molecule has 1 spiro atoms. The minimum absolute atomic E-state index is 0.158. The third kappa shape index (κ3) is 3.75. The van der Waals surface area contributed by atoms with Gasteiger partial charge < -0.3 is 15.1 Å². The first-order valence-electron chi connectivity index (χ1n) is 9.48. The largest absolute Gasteiger partial charge is 0.372 e. The molecule has 3 heterocycles. The Morgan fingerprint density at radius 2 is 2.07 bits per heavy atom. The summed E-state index contributed by atoms with van der Waals surface area (Å²) in [6.07, 6.45) is 7.10. The van der Waals surface area contributed by atoms with E-state index in [1.165, 1.54) is 6.07 Å². The molecule has 2 aliphatic heterocycles. The van der Waals surface area contributed by atoms with Crippen molar-refractivity contribution in [3.63, 3.8) is 0 Å². The summed E-state index contributed by atoms with van der Waals surface area (Å²) in [5, 5.41) is 3.42. The van der Waals surface area contributed by atoms with Gasteiger partial charge in [-0.2, -0.15) is 0 Å². The molecule has 0 atom stereocenters. The van der Waals surface area contributed by atoms with Gasteiger partial charge in [-0.05, 0) is 43.0 Å². The van der Waals surface area contributed by atoms with E-state index in [0.29, 0.717) is 5.41 Å². The van der Waals surface area contributed by atoms with E-state index in [-0.39, 0.29) is 5.82 Å². The van der Waals surface area contributed by atoms with Crippen LogP contribution in [0.5, 0.6) is 0 Å². The molecule has 0 amide bonds. The fraction of sp³-hybridized carbons (Fsp3) is 0.429. The molecule has 2 saturated heterocycles. The van der Waals surface area contributed by atoms with E-state index in [0.717, 1.165) is 68.3 Å². The lowest BCUT2D eigenvalue weighted by Gasteiger charge is -2.61. The van der Waals surface area contributed by atoms with Crippen LogP contribution in [0.3, 0.4) is 0 Å². The maximum atomic E-state index is 13.3. The van der Waals surface area contributed by atoms with Gasteiger partial charge in [0.1, 0.15) is 11.6 Å². The molecule has 5 nitrogen and oxygen atoms in total. The maximum absolute atomic E-state index is 13.3. The minimum atomic E-state index is -0.158. The van der Waals surface area contributed by atoms with Crippen molar-refractivity contribution < 1.29 is 4.39 Å². The molecule has 1 aromatic carbocycles. The number of anilines is 1. The first-order valence-corrected chi connectivity index (χ1v) is 9.48. The zero-order chi connectivity index (χ0) is 18.9. The molecule has 142 valence electrons. The molecule has 0 radical (unpaired) electrons. The molecule has 6 heteroatoms. The van der Waals surface area contributed by atoms with Crippen molar-refractivity contribution >= 4 is 5.82 Å². The van der Waals surface area contributed by atoms with Crippen LogP contribution in [0.1, 0.15) is 17.5 Å². The quantitative estimate of drug-likeness (QED) is 0.763. The lowest BCUT2D eigenvalue weighted by atomic mass is 9.73. The summed E-state index contributed by atoms with van der Waals surface area (Å²) >= 11 is 0. The Morgan fingerprint density at radius 1 is 1.26 bits per heavy atom. The van der Waals surface area contributed by atoms with E-state index in [1.807, 2.05) is 19.2 Å². The van der Waals surface area contributed by atoms with Crippen molar-refractivity contribution in [2.24, 2.45) is 5.41 Å². The molecule has 4 rings (SSSR count). The molecule has 0 unspecified atom stereocenters. The summed E-state index contributed by atoms with van der Waals surface area (Å²) in [6.45, 7) is 11.2. The first kappa shape index (κ1) is 17.8. The maximum Gasteiger partial charge on any atom is 0.147 e. The zero-order valence-electron chi connectivity index (χ0n) is 15.8. The van der Waals surface area contributed by atoms with Crippen LogP contribution in [0.4, 0.5) is 10.2 Å². The summed E-state index contributed by atoms with van der Waals surface area (Å²) < 4.78 is 13.3. The van der Waals surface area contributed by atoms with E-state index >= 15 is 0 Å². The number of hydrogen-bond acceptors (Lipinski definition) is 5. The second kappa shape index (κ2) is 7.18. The molecule has 0 saturated carbocycles. The van der Waals surface area contributed by atoms with E-state index < -0.39 is 0 Å². The summed E-state index contributed by atoms with van der Waals surface area (Å²) in [7, 11) is 0. The summed E-state index contributed by atoms with van der Waals surface area (Å²) in [5.74, 6) is 1.80. The predicted molar refractivity (Wildman–Crippen MR) is 105 cm³/mol. The Balaban J connectivity index is 1.16. The van der Waals surface area contributed by atoms with E-state index in [1.54, 1.807) is 18.5 Å². The van der Waals surface area contributed by atoms with Crippen LogP contribution in [0.15, 0.2) is 49.2 Å². The summed E-state index contributed by atoms with van der Waals surface area (Å²) in [4.78, 5) is 13.1. The lowest BCUT2D eigenvalue weighted by molar-refractivity contribution is -0.00153. The standard InChI is InChI=1S/C21H26FN5/c1-16-5-6-19(22)10-18(16)4-3-7-24-17(2)26-12-21(13-26)14-27(15-21)20-11-23-8-9-25-20/h5-6,8-11,24H,2-4,7,12-15H2,1H3. The van der Waals surface area contributed by atoms with Crippen molar-refractivity contribution in [2.75, 3.05) is 37.6 Å². The van der Waals surface area contributed by atoms with Crippen molar-refractivity contribution in [2.45, 2.75) is 19.8 Å². The van der Waals surface area contributed by atoms with Gasteiger partial charge in [0, 0.05) is 50.5 Å². The zero-order valence-corrected chi connectivity index (χ0v) is 15.8. The normalized spacial score (nSPS) is 17.4. The number of hydrogen-bond donors (Lipinski definition) is 1. The van der Waals surface area contributed by atoms with Gasteiger partial charge in [-0.25, -0.2) is 9.37 Å². The van der Waals surface area contributed by atoms with Gasteiger partial charge in [-0.3, -0.25) is 4.98 Å². The Bertz CT molecular complexity index is 809. The lowest BCUT2D eigenvalue weighted by Crippen LogP contribution is -2.72. The Morgan fingerprint density at radius 3 is 2.81 bits per heavy atom. The highest BCUT2D eigenvalue weighted by Crippen LogP contribution is 2.42. The number of aromatic nitrogens is 2. The fourth-order valence-corrected chi connectivity index (χ4v) is 4.07. The number of halogens is 1. The van der Waals surface area contributed by atoms with Gasteiger partial charge in [0.2, 0.25) is 0 Å². The molecule has 2 aromatic rings. The van der Waals surface area contributed by atoms with Gasteiger partial charge in [0.15, 0.2) is 0 Å². The van der Waals surface area contributed by atoms with Gasteiger partial charge >= 0.3 is 0 Å². The molecule has 27 heavy (non-hydrogen) atoms. The van der Waals surface area contributed by atoms with Crippen molar-refractivity contribution in [1.82, 2.24) is 20.2 Å². The van der Waals surface area contributed by atoms with Gasteiger partial charge in [0.05, 0.1) is 12.0 Å². The summed E-state index contributed by atoms with van der Waals surface area (Å²) in [6, 6.07) is 5.01. The first-order chi connectivity index (χ1) is 13.0. The molecule has 2 fully saturated rings. The van der Waals surface area contributed by atoms with Gasteiger partial charge in [-0.1, -0.05) is 12.6 Å². The van der Waals surface area contributed by atoms with Crippen LogP contribution in [-0.4, -0.2) is 47.6 Å². The van der Waals surface area contributed by atoms with Crippen molar-refractivity contribution in [3.8, 4) is 0 Å². The van der Waals surface area contributed by atoms with Crippen LogP contribution < -0.4 is 10.2 Å². The number of benzene rings is 1. The average Bonchev–Trinajstić information content (AvgIpc) is 2.60. The Labute approximate surface area is 159 Å². The predicted octanol–water partition coefficient (Wildman–Crippen LogP) is 2.74. The van der Waals surface area contributed by atoms with Crippen molar-refractivity contribution in [3.05, 3.63) is 66.1 Å². The number of likely N-dealkylation sites (tertiary alicyclic amines) is 1. The second-order valence-corrected chi connectivity index (χ2v) is 7.82. The second-order valence-electron chi connectivity index (χ2n) is 7.82. The molecule has 1 aromatic heterocycles. The third-order valence-corrected chi connectivity index (χ3v) is 5.62. The van der Waals surface area contributed by atoms with Gasteiger partial charge in [0.25, 0.3) is 0 Å². The SMILES string of the molecule is C=C(NCCCc1cc(F)ccc1C)N1CC2(C1)CN(c1cnccn1)C2. The monoisotopic (exact) mass is 367 g/mol. The Hall–Kier alpha value is -2.63. The van der Waals surface area contributed by atoms with Crippen LogP contribution in [0.25, 0.3) is 0 Å². The molecule has 0 aliphatic carbocycles. The Kier molecular flexibility index (Phi) is 4.72. The number of nitrogens with one attached hydrogen (secondary N) is 1. The average molecular weight is 367 g/mol. The molecular formula is C21H26FN5. The van der Waals surface area contributed by atoms with Crippen LogP contribution in [0, 0.1) is 18.2 Å². The highest BCUT2D eigenvalue weighted by atomic mass is 19.1. The molecule has 1 N–H and O–H groups in total. The van der Waals surface area contributed by atoms with Crippen LogP contribution in [0.2, 0.25) is 0 Å². The highest BCUT2D eigenvalue weighted by Gasteiger charge is 2.52. The van der Waals surface area contributed by atoms with E-state index in [9.17, 15) is 4.39 Å². The number of aryl methyl sites for hydroxylation is 2. The minimum Gasteiger partial charge on any atom is -0.372 e. The number of nitrogens with zero attached hydrogens (tertiary/aromatic N) is 4. The van der Waals surface area contributed by atoms with Crippen LogP contribution >= 0.6 is 0 Å². The van der Waals surface area contributed by atoms with E-state index in [2.05, 4.69) is 31.7 Å². The van der Waals surface area contributed by atoms with Crippen molar-refractivity contribution in [1.29, 1.82) is 0 Å². The molecule has 0 bridgehead atoms. The topological polar surface area (TPSA) is 44.3 Å². The fourth-order valence-electron chi connectivity index (χ4n) is 4.07. The summed E-state index contributed by atoms with van der Waals surface area (Å²) in [5.41, 5.74) is 2.61. The smallest absolute Gasteiger partial charge is 0.147 e. The van der Waals surface area contributed by atoms with Crippen LogP contribution in [-0.2, 0) is 6.42 Å². The van der Waals surface area contributed by atoms with E-state index in [4.69, 9.17) is 0 Å². The number of rotatable bonds is 7. The molecular weight excluding hydrogens is 341 g/mol. The third-order valence-electron chi connectivity index (χ3n) is 5.62.